The number of benzene rings is 2. The van der Waals surface area contributed by atoms with Crippen LogP contribution in [0.2, 0.25) is 0 Å². The lowest BCUT2D eigenvalue weighted by molar-refractivity contribution is -0.137. The molecule has 0 N–H and O–H groups in total. The average molecular weight is 463 g/mol. The van der Waals surface area contributed by atoms with E-state index in [1.54, 1.807) is 18.1 Å². The number of likely N-dealkylation sites (tertiary alicyclic amines) is 1. The Labute approximate surface area is 192 Å². The first kappa shape index (κ1) is 23.4. The van der Waals surface area contributed by atoms with Crippen molar-refractivity contribution in [1.82, 2.24) is 9.80 Å². The molecule has 5 nitrogen and oxygen atoms in total. The van der Waals surface area contributed by atoms with Gasteiger partial charge in [-0.25, -0.2) is 0 Å². The zero-order valence-electron chi connectivity index (χ0n) is 18.7. The van der Waals surface area contributed by atoms with Crippen LogP contribution in [0.3, 0.4) is 0 Å². The molecule has 2 aliphatic heterocycles. The topological polar surface area (TPSA) is 42.0 Å². The van der Waals surface area contributed by atoms with E-state index < -0.39 is 11.7 Å². The van der Waals surface area contributed by atoms with Crippen LogP contribution in [0, 0.1) is 0 Å². The van der Waals surface area contributed by atoms with E-state index in [0.29, 0.717) is 31.7 Å². The molecule has 0 saturated carbocycles. The van der Waals surface area contributed by atoms with E-state index >= 15 is 0 Å². The molecule has 0 aromatic heterocycles. The number of alkyl halides is 3. The van der Waals surface area contributed by atoms with Crippen LogP contribution in [0.4, 0.5) is 13.2 Å². The second-order valence-electron chi connectivity index (χ2n) is 8.62. The van der Waals surface area contributed by atoms with Crippen LogP contribution in [0.25, 0.3) is 0 Å². The molecular weight excluding hydrogens is 433 g/mol. The van der Waals surface area contributed by atoms with Gasteiger partial charge in [-0.15, -0.1) is 0 Å². The summed E-state index contributed by atoms with van der Waals surface area (Å²) in [6, 6.07) is 11.3. The first-order valence-corrected chi connectivity index (χ1v) is 11.3. The largest absolute Gasteiger partial charge is 0.493 e. The lowest BCUT2D eigenvalue weighted by Gasteiger charge is -2.33. The monoisotopic (exact) mass is 462 g/mol. The highest BCUT2D eigenvalue weighted by atomic mass is 19.4. The number of rotatable bonds is 4. The molecule has 2 aliphatic rings. The molecule has 1 fully saturated rings. The number of methoxy groups -OCH3 is 1. The summed E-state index contributed by atoms with van der Waals surface area (Å²) >= 11 is 0. The molecule has 4 rings (SSSR count). The van der Waals surface area contributed by atoms with Crippen LogP contribution in [0.1, 0.15) is 42.4 Å². The van der Waals surface area contributed by atoms with Crippen molar-refractivity contribution in [1.29, 1.82) is 0 Å². The van der Waals surface area contributed by atoms with Crippen LogP contribution in [-0.4, -0.2) is 48.6 Å². The first-order valence-electron chi connectivity index (χ1n) is 11.3. The number of hydrogen-bond donors (Lipinski definition) is 0. The van der Waals surface area contributed by atoms with Crippen molar-refractivity contribution in [3.05, 3.63) is 59.2 Å². The van der Waals surface area contributed by atoms with E-state index in [1.165, 1.54) is 6.07 Å². The van der Waals surface area contributed by atoms with Crippen molar-refractivity contribution in [2.45, 2.75) is 51.0 Å². The van der Waals surface area contributed by atoms with Gasteiger partial charge in [-0.3, -0.25) is 9.69 Å². The fraction of sp³-hybridized carbons (Fsp3) is 0.480. The molecule has 0 spiro atoms. The number of nitrogens with zero attached hydrogens (tertiary/aromatic N) is 2. The first-order chi connectivity index (χ1) is 15.8. The molecule has 0 radical (unpaired) electrons. The fourth-order valence-corrected chi connectivity index (χ4v) is 4.68. The average Bonchev–Trinajstić information content (AvgIpc) is 2.95. The zero-order valence-corrected chi connectivity index (χ0v) is 18.7. The van der Waals surface area contributed by atoms with E-state index in [-0.39, 0.29) is 18.5 Å². The number of halogens is 3. The summed E-state index contributed by atoms with van der Waals surface area (Å²) in [5.74, 6) is 1.49. The van der Waals surface area contributed by atoms with Crippen molar-refractivity contribution in [2.24, 2.45) is 0 Å². The number of amides is 1. The predicted molar refractivity (Wildman–Crippen MR) is 118 cm³/mol. The number of carbonyl (C=O) groups is 1. The minimum absolute atomic E-state index is 0.00708. The van der Waals surface area contributed by atoms with E-state index in [2.05, 4.69) is 4.90 Å². The molecule has 0 aliphatic carbocycles. The van der Waals surface area contributed by atoms with Crippen molar-refractivity contribution in [2.75, 3.05) is 26.8 Å². The second kappa shape index (κ2) is 10.0. The van der Waals surface area contributed by atoms with Crippen LogP contribution in [0.15, 0.2) is 42.5 Å². The summed E-state index contributed by atoms with van der Waals surface area (Å²) in [5, 5.41) is 0. The maximum atomic E-state index is 13.1. The Balaban J connectivity index is 1.45. The Morgan fingerprint density at radius 2 is 1.94 bits per heavy atom. The Hall–Kier alpha value is -2.74. The standard InChI is InChI=1S/C25H29F3N2O3/c1-32-22-8-3-6-19-17-29(12-4-14-33-24(19)22)21-9-10-23(31)30(13-11-21)16-18-5-2-7-20(15-18)25(26,27)28/h2-3,5-8,15,21H,4,9-14,16-17H2,1H3/t21-/m0/s1. The summed E-state index contributed by atoms with van der Waals surface area (Å²) < 4.78 is 50.6. The van der Waals surface area contributed by atoms with Crippen LogP contribution in [-0.2, 0) is 24.1 Å². The highest BCUT2D eigenvalue weighted by Gasteiger charge is 2.31. The van der Waals surface area contributed by atoms with Crippen molar-refractivity contribution < 1.29 is 27.4 Å². The van der Waals surface area contributed by atoms with Crippen molar-refractivity contribution in [3.8, 4) is 11.5 Å². The maximum Gasteiger partial charge on any atom is 0.416 e. The van der Waals surface area contributed by atoms with Gasteiger partial charge in [0.2, 0.25) is 5.91 Å². The van der Waals surface area contributed by atoms with Gasteiger partial charge in [-0.2, -0.15) is 13.2 Å². The highest BCUT2D eigenvalue weighted by Crippen LogP contribution is 2.34. The van der Waals surface area contributed by atoms with Gasteiger partial charge in [0.05, 0.1) is 19.3 Å². The third kappa shape index (κ3) is 5.61. The molecule has 2 heterocycles. The number of ether oxygens (including phenoxy) is 2. The van der Waals surface area contributed by atoms with Crippen LogP contribution >= 0.6 is 0 Å². The molecule has 0 bridgehead atoms. The van der Waals surface area contributed by atoms with Gasteiger partial charge in [-0.05, 0) is 43.0 Å². The number of carbonyl (C=O) groups excluding carboxylic acids is 1. The Kier molecular flexibility index (Phi) is 7.12. The third-order valence-electron chi connectivity index (χ3n) is 6.41. The van der Waals surface area contributed by atoms with Gasteiger partial charge in [0.1, 0.15) is 0 Å². The number of fused-ring (bicyclic) bond motifs is 1. The normalized spacial score (nSPS) is 20.3. The molecule has 2 aromatic rings. The lowest BCUT2D eigenvalue weighted by Crippen LogP contribution is -2.38. The molecule has 1 amide bonds. The Bertz CT molecular complexity index is 980. The minimum atomic E-state index is -4.39. The van der Waals surface area contributed by atoms with E-state index in [9.17, 15) is 18.0 Å². The molecule has 33 heavy (non-hydrogen) atoms. The molecule has 1 atom stereocenters. The molecule has 178 valence electrons. The fourth-order valence-electron chi connectivity index (χ4n) is 4.68. The third-order valence-corrected chi connectivity index (χ3v) is 6.41. The summed E-state index contributed by atoms with van der Waals surface area (Å²) in [7, 11) is 1.63. The quantitative estimate of drug-likeness (QED) is 0.650. The SMILES string of the molecule is COc1cccc2c1OCCCN([C@H]1CCC(=O)N(Cc3cccc(C(F)(F)F)c3)CC1)C2. The highest BCUT2D eigenvalue weighted by molar-refractivity contribution is 5.76. The Morgan fingerprint density at radius 1 is 1.12 bits per heavy atom. The van der Waals surface area contributed by atoms with Gasteiger partial charge in [0.15, 0.2) is 11.5 Å². The van der Waals surface area contributed by atoms with Gasteiger partial charge < -0.3 is 14.4 Å². The van der Waals surface area contributed by atoms with E-state index in [4.69, 9.17) is 9.47 Å². The second-order valence-corrected chi connectivity index (χ2v) is 8.62. The smallest absolute Gasteiger partial charge is 0.416 e. The zero-order chi connectivity index (χ0) is 23.4. The molecule has 0 unspecified atom stereocenters. The molecule has 8 heteroatoms. The van der Waals surface area contributed by atoms with E-state index in [1.807, 2.05) is 18.2 Å². The molecule has 2 aromatic carbocycles. The minimum Gasteiger partial charge on any atom is -0.493 e. The van der Waals surface area contributed by atoms with Crippen molar-refractivity contribution >= 4 is 5.91 Å². The Morgan fingerprint density at radius 3 is 2.73 bits per heavy atom. The maximum absolute atomic E-state index is 13.1. The van der Waals surface area contributed by atoms with Gasteiger partial charge in [0, 0.05) is 44.2 Å². The molecular formula is C25H29F3N2O3. The van der Waals surface area contributed by atoms with Crippen LogP contribution in [0.5, 0.6) is 11.5 Å². The van der Waals surface area contributed by atoms with Gasteiger partial charge in [-0.1, -0.05) is 24.3 Å². The summed E-state index contributed by atoms with van der Waals surface area (Å²) in [5.41, 5.74) is 0.878. The van der Waals surface area contributed by atoms with Crippen molar-refractivity contribution in [3.63, 3.8) is 0 Å². The number of para-hydroxylation sites is 1. The predicted octanol–water partition coefficient (Wildman–Crippen LogP) is 4.88. The van der Waals surface area contributed by atoms with Crippen LogP contribution < -0.4 is 9.47 Å². The van der Waals surface area contributed by atoms with Gasteiger partial charge >= 0.3 is 6.18 Å². The summed E-state index contributed by atoms with van der Waals surface area (Å²) in [6.45, 7) is 2.89. The number of hydrogen-bond acceptors (Lipinski definition) is 4. The summed E-state index contributed by atoms with van der Waals surface area (Å²) in [4.78, 5) is 16.9. The lowest BCUT2D eigenvalue weighted by atomic mass is 10.0. The summed E-state index contributed by atoms with van der Waals surface area (Å²) in [6.07, 6.45) is -1.61. The van der Waals surface area contributed by atoms with Gasteiger partial charge in [0.25, 0.3) is 0 Å². The molecule has 1 saturated heterocycles. The van der Waals surface area contributed by atoms with E-state index in [0.717, 1.165) is 55.0 Å².